The van der Waals surface area contributed by atoms with Crippen LogP contribution in [-0.2, 0) is 14.8 Å². The van der Waals surface area contributed by atoms with Gasteiger partial charge in [-0.05, 0) is 35.4 Å². The summed E-state index contributed by atoms with van der Waals surface area (Å²) in [4.78, 5) is 2.59. The summed E-state index contributed by atoms with van der Waals surface area (Å²) in [5.41, 5.74) is 1.10. The molecular formula is C23H26N2O3S. The molecule has 152 valence electrons. The Labute approximate surface area is 172 Å². The Bertz CT molecular complexity index is 1060. The molecule has 5 nitrogen and oxygen atoms in total. The Morgan fingerprint density at radius 3 is 2.28 bits per heavy atom. The molecule has 0 spiro atoms. The monoisotopic (exact) mass is 410 g/mol. The lowest BCUT2D eigenvalue weighted by Gasteiger charge is -2.38. The summed E-state index contributed by atoms with van der Waals surface area (Å²) >= 11 is 0. The molecule has 1 N–H and O–H groups in total. The van der Waals surface area contributed by atoms with Crippen LogP contribution in [0.25, 0.3) is 10.8 Å². The van der Waals surface area contributed by atoms with Gasteiger partial charge in [-0.1, -0.05) is 60.7 Å². The zero-order valence-corrected chi connectivity index (χ0v) is 17.3. The zero-order valence-electron chi connectivity index (χ0n) is 16.5. The van der Waals surface area contributed by atoms with Crippen LogP contribution in [0.1, 0.15) is 18.5 Å². The molecule has 0 unspecified atom stereocenters. The van der Waals surface area contributed by atoms with E-state index >= 15 is 0 Å². The van der Waals surface area contributed by atoms with E-state index in [9.17, 15) is 8.42 Å². The number of ether oxygens (including phenoxy) is 1. The molecule has 3 aromatic carbocycles. The Kier molecular flexibility index (Phi) is 5.96. The lowest BCUT2D eigenvalue weighted by molar-refractivity contribution is 0.0105. The van der Waals surface area contributed by atoms with Crippen LogP contribution in [0.2, 0.25) is 0 Å². The van der Waals surface area contributed by atoms with E-state index in [2.05, 4.69) is 21.8 Å². The highest BCUT2D eigenvalue weighted by Gasteiger charge is 2.30. The van der Waals surface area contributed by atoms with Crippen molar-refractivity contribution in [1.29, 1.82) is 0 Å². The second kappa shape index (κ2) is 8.63. The second-order valence-corrected chi connectivity index (χ2v) is 9.14. The number of hydrogen-bond acceptors (Lipinski definition) is 4. The quantitative estimate of drug-likeness (QED) is 0.675. The molecule has 1 saturated heterocycles. The van der Waals surface area contributed by atoms with Crippen LogP contribution in [0.3, 0.4) is 0 Å². The molecule has 0 aromatic heterocycles. The Hall–Kier alpha value is -2.25. The molecule has 0 bridgehead atoms. The van der Waals surface area contributed by atoms with Gasteiger partial charge >= 0.3 is 0 Å². The van der Waals surface area contributed by atoms with Gasteiger partial charge in [0.15, 0.2) is 0 Å². The normalized spacial score (nSPS) is 17.8. The Morgan fingerprint density at radius 2 is 1.55 bits per heavy atom. The average Bonchev–Trinajstić information content (AvgIpc) is 2.75. The standard InChI is InChI=1S/C23H26N2O3S/c1-18(23(20-8-3-2-4-9-20)25-13-15-28-16-14-25)24-29(26,27)22-12-11-19-7-5-6-10-21(19)17-22/h2-12,17-18,23-24H,13-16H2,1H3/t18-,23+/m0/s1. The second-order valence-electron chi connectivity index (χ2n) is 7.42. The number of hydrogen-bond donors (Lipinski definition) is 1. The summed E-state index contributed by atoms with van der Waals surface area (Å²) in [5, 5.41) is 1.94. The summed E-state index contributed by atoms with van der Waals surface area (Å²) < 4.78 is 34.7. The van der Waals surface area contributed by atoms with Gasteiger partial charge in [0, 0.05) is 19.1 Å². The van der Waals surface area contributed by atoms with Crippen molar-refractivity contribution < 1.29 is 13.2 Å². The molecule has 29 heavy (non-hydrogen) atoms. The Balaban J connectivity index is 1.62. The topological polar surface area (TPSA) is 58.6 Å². The van der Waals surface area contributed by atoms with Crippen LogP contribution in [0.4, 0.5) is 0 Å². The average molecular weight is 411 g/mol. The molecule has 0 radical (unpaired) electrons. The highest BCUT2D eigenvalue weighted by molar-refractivity contribution is 7.89. The maximum atomic E-state index is 13.2. The van der Waals surface area contributed by atoms with Gasteiger partial charge < -0.3 is 4.74 Å². The fourth-order valence-corrected chi connectivity index (χ4v) is 5.32. The predicted molar refractivity (Wildman–Crippen MR) is 115 cm³/mol. The fraction of sp³-hybridized carbons (Fsp3) is 0.304. The van der Waals surface area contributed by atoms with Crippen LogP contribution in [0.15, 0.2) is 77.7 Å². The maximum Gasteiger partial charge on any atom is 0.240 e. The van der Waals surface area contributed by atoms with Gasteiger partial charge in [0.05, 0.1) is 24.2 Å². The van der Waals surface area contributed by atoms with E-state index in [1.54, 1.807) is 12.1 Å². The van der Waals surface area contributed by atoms with Crippen LogP contribution >= 0.6 is 0 Å². The number of benzene rings is 3. The Morgan fingerprint density at radius 1 is 0.897 bits per heavy atom. The van der Waals surface area contributed by atoms with E-state index in [1.165, 1.54) is 0 Å². The lowest BCUT2D eigenvalue weighted by Crippen LogP contribution is -2.48. The van der Waals surface area contributed by atoms with Crippen molar-refractivity contribution in [2.45, 2.75) is 23.9 Å². The smallest absolute Gasteiger partial charge is 0.240 e. The molecule has 0 saturated carbocycles. The first-order valence-corrected chi connectivity index (χ1v) is 11.4. The molecule has 2 atom stereocenters. The van der Waals surface area contributed by atoms with Crippen molar-refractivity contribution in [3.63, 3.8) is 0 Å². The molecule has 3 aromatic rings. The third-order valence-electron chi connectivity index (χ3n) is 5.43. The van der Waals surface area contributed by atoms with E-state index in [-0.39, 0.29) is 17.0 Å². The minimum atomic E-state index is -3.65. The van der Waals surface area contributed by atoms with Gasteiger partial charge in [-0.2, -0.15) is 0 Å². The molecule has 0 amide bonds. The first-order valence-electron chi connectivity index (χ1n) is 9.92. The van der Waals surface area contributed by atoms with Gasteiger partial charge in [0.25, 0.3) is 0 Å². The molecule has 1 aliphatic heterocycles. The van der Waals surface area contributed by atoms with Gasteiger partial charge in [-0.3, -0.25) is 4.90 Å². The predicted octanol–water partition coefficient (Wildman–Crippen LogP) is 3.58. The van der Waals surface area contributed by atoms with E-state index in [0.29, 0.717) is 13.2 Å². The van der Waals surface area contributed by atoms with Gasteiger partial charge in [-0.25, -0.2) is 13.1 Å². The minimum absolute atomic E-state index is 0.0599. The van der Waals surface area contributed by atoms with Crippen LogP contribution in [0, 0.1) is 0 Å². The summed E-state index contributed by atoms with van der Waals surface area (Å²) in [7, 11) is -3.65. The third kappa shape index (κ3) is 4.51. The third-order valence-corrected chi connectivity index (χ3v) is 6.98. The van der Waals surface area contributed by atoms with E-state index in [0.717, 1.165) is 29.4 Å². The van der Waals surface area contributed by atoms with Crippen LogP contribution < -0.4 is 4.72 Å². The molecule has 1 heterocycles. The molecule has 6 heteroatoms. The highest BCUT2D eigenvalue weighted by atomic mass is 32.2. The minimum Gasteiger partial charge on any atom is -0.379 e. The zero-order chi connectivity index (χ0) is 20.3. The van der Waals surface area contributed by atoms with E-state index in [1.807, 2.05) is 55.5 Å². The molecule has 1 fully saturated rings. The summed E-state index contributed by atoms with van der Waals surface area (Å²) in [6.45, 7) is 4.82. The molecule has 4 rings (SSSR count). The largest absolute Gasteiger partial charge is 0.379 e. The molecule has 0 aliphatic carbocycles. The molecule has 1 aliphatic rings. The number of morpholine rings is 1. The van der Waals surface area contributed by atoms with Gasteiger partial charge in [0.2, 0.25) is 10.0 Å². The highest BCUT2D eigenvalue weighted by Crippen LogP contribution is 2.27. The summed E-state index contributed by atoms with van der Waals surface area (Å²) in [5.74, 6) is 0. The first kappa shape index (κ1) is 20.0. The van der Waals surface area contributed by atoms with Gasteiger partial charge in [-0.15, -0.1) is 0 Å². The number of nitrogens with one attached hydrogen (secondary N) is 1. The van der Waals surface area contributed by atoms with Crippen molar-refractivity contribution in [2.24, 2.45) is 0 Å². The van der Waals surface area contributed by atoms with Crippen molar-refractivity contribution in [3.05, 3.63) is 78.4 Å². The fourth-order valence-electron chi connectivity index (χ4n) is 4.03. The number of fused-ring (bicyclic) bond motifs is 1. The van der Waals surface area contributed by atoms with Crippen molar-refractivity contribution in [1.82, 2.24) is 9.62 Å². The summed E-state index contributed by atoms with van der Waals surface area (Å²) in [6, 6.07) is 22.7. The van der Waals surface area contributed by atoms with Crippen LogP contribution in [-0.4, -0.2) is 45.7 Å². The summed E-state index contributed by atoms with van der Waals surface area (Å²) in [6.07, 6.45) is 0. The van der Waals surface area contributed by atoms with Crippen LogP contribution in [0.5, 0.6) is 0 Å². The lowest BCUT2D eigenvalue weighted by atomic mass is 9.99. The first-order chi connectivity index (χ1) is 14.0. The maximum absolute atomic E-state index is 13.2. The number of sulfonamides is 1. The number of rotatable bonds is 6. The molecular weight excluding hydrogens is 384 g/mol. The van der Waals surface area contributed by atoms with E-state index in [4.69, 9.17) is 4.74 Å². The van der Waals surface area contributed by atoms with Crippen molar-refractivity contribution in [2.75, 3.05) is 26.3 Å². The SMILES string of the molecule is C[C@H](NS(=O)(=O)c1ccc2ccccc2c1)[C@H](c1ccccc1)N1CCOCC1. The number of nitrogens with zero attached hydrogens (tertiary/aromatic N) is 1. The van der Waals surface area contributed by atoms with Crippen molar-refractivity contribution in [3.8, 4) is 0 Å². The van der Waals surface area contributed by atoms with Gasteiger partial charge in [0.1, 0.15) is 0 Å². The van der Waals surface area contributed by atoms with Crippen molar-refractivity contribution >= 4 is 20.8 Å². The van der Waals surface area contributed by atoms with E-state index < -0.39 is 10.0 Å².